The largest absolute Gasteiger partial charge is 0.480 e. The number of ether oxygens (including phenoxy) is 1. The SMILES string of the molecule is COC(C)(C)CCN1c2ccccc2CC1C(=O)O. The maximum atomic E-state index is 11.4. The average Bonchev–Trinajstić information content (AvgIpc) is 2.75. The van der Waals surface area contributed by atoms with Crippen LogP contribution in [0.5, 0.6) is 0 Å². The van der Waals surface area contributed by atoms with Crippen LogP contribution in [0.1, 0.15) is 25.8 Å². The number of rotatable bonds is 5. The molecule has 0 aliphatic carbocycles. The van der Waals surface area contributed by atoms with Gasteiger partial charge in [-0.25, -0.2) is 4.79 Å². The highest BCUT2D eigenvalue weighted by Crippen LogP contribution is 2.33. The minimum atomic E-state index is -0.758. The molecule has 0 radical (unpaired) electrons. The van der Waals surface area contributed by atoms with Crippen molar-refractivity contribution in [1.29, 1.82) is 0 Å². The van der Waals surface area contributed by atoms with Crippen molar-refractivity contribution in [3.8, 4) is 0 Å². The van der Waals surface area contributed by atoms with E-state index in [4.69, 9.17) is 4.74 Å². The van der Waals surface area contributed by atoms with Crippen LogP contribution in [0.25, 0.3) is 0 Å². The summed E-state index contributed by atoms with van der Waals surface area (Å²) in [6, 6.07) is 7.47. The van der Waals surface area contributed by atoms with Gasteiger partial charge in [-0.2, -0.15) is 0 Å². The first-order chi connectivity index (χ1) is 8.94. The fourth-order valence-corrected chi connectivity index (χ4v) is 2.44. The van der Waals surface area contributed by atoms with Gasteiger partial charge in [0, 0.05) is 25.8 Å². The zero-order valence-corrected chi connectivity index (χ0v) is 11.7. The lowest BCUT2D eigenvalue weighted by Crippen LogP contribution is -2.41. The second-order valence-electron chi connectivity index (χ2n) is 5.59. The molecule has 0 bridgehead atoms. The molecule has 1 aliphatic rings. The highest BCUT2D eigenvalue weighted by molar-refractivity contribution is 5.82. The molecule has 4 nitrogen and oxygen atoms in total. The molecule has 1 aromatic carbocycles. The van der Waals surface area contributed by atoms with E-state index in [2.05, 4.69) is 0 Å². The van der Waals surface area contributed by atoms with Gasteiger partial charge in [0.2, 0.25) is 0 Å². The van der Waals surface area contributed by atoms with Crippen molar-refractivity contribution in [2.75, 3.05) is 18.6 Å². The smallest absolute Gasteiger partial charge is 0.326 e. The molecule has 0 saturated heterocycles. The molecular formula is C15H21NO3. The molecule has 1 aromatic rings. The average molecular weight is 263 g/mol. The van der Waals surface area contributed by atoms with E-state index < -0.39 is 12.0 Å². The molecule has 1 atom stereocenters. The number of carbonyl (C=O) groups is 1. The van der Waals surface area contributed by atoms with E-state index in [0.29, 0.717) is 13.0 Å². The number of fused-ring (bicyclic) bond motifs is 1. The summed E-state index contributed by atoms with van der Waals surface area (Å²) in [5.74, 6) is -0.758. The molecule has 4 heteroatoms. The van der Waals surface area contributed by atoms with E-state index in [1.165, 1.54) is 0 Å². The maximum absolute atomic E-state index is 11.4. The Balaban J connectivity index is 2.18. The van der Waals surface area contributed by atoms with Gasteiger partial charge in [-0.1, -0.05) is 18.2 Å². The highest BCUT2D eigenvalue weighted by atomic mass is 16.5. The Morgan fingerprint density at radius 3 is 2.79 bits per heavy atom. The first-order valence-electron chi connectivity index (χ1n) is 6.57. The number of benzene rings is 1. The monoisotopic (exact) mass is 263 g/mol. The molecule has 0 amide bonds. The number of carboxylic acids is 1. The predicted molar refractivity (Wildman–Crippen MR) is 74.6 cm³/mol. The number of para-hydroxylation sites is 1. The number of nitrogens with zero attached hydrogens (tertiary/aromatic N) is 1. The Morgan fingerprint density at radius 1 is 1.47 bits per heavy atom. The highest BCUT2D eigenvalue weighted by Gasteiger charge is 2.34. The van der Waals surface area contributed by atoms with Gasteiger partial charge >= 0.3 is 5.97 Å². The van der Waals surface area contributed by atoms with E-state index in [-0.39, 0.29) is 5.60 Å². The minimum absolute atomic E-state index is 0.236. The first kappa shape index (κ1) is 13.9. The van der Waals surface area contributed by atoms with Gasteiger partial charge in [0.15, 0.2) is 0 Å². The topological polar surface area (TPSA) is 49.8 Å². The van der Waals surface area contributed by atoms with Crippen molar-refractivity contribution in [2.24, 2.45) is 0 Å². The lowest BCUT2D eigenvalue weighted by molar-refractivity contribution is -0.138. The van der Waals surface area contributed by atoms with Crippen LogP contribution in [0.2, 0.25) is 0 Å². The number of aliphatic carboxylic acids is 1. The van der Waals surface area contributed by atoms with Crippen LogP contribution in [-0.2, 0) is 16.0 Å². The number of hydrogen-bond acceptors (Lipinski definition) is 3. The summed E-state index contributed by atoms with van der Waals surface area (Å²) in [5.41, 5.74) is 1.92. The molecule has 0 aromatic heterocycles. The predicted octanol–water partition coefficient (Wildman–Crippen LogP) is 2.32. The van der Waals surface area contributed by atoms with Gasteiger partial charge < -0.3 is 14.7 Å². The third kappa shape index (κ3) is 2.89. The summed E-state index contributed by atoms with van der Waals surface area (Å²) < 4.78 is 5.41. The van der Waals surface area contributed by atoms with Gasteiger partial charge in [-0.05, 0) is 31.9 Å². The fourth-order valence-electron chi connectivity index (χ4n) is 2.44. The summed E-state index contributed by atoms with van der Waals surface area (Å²) in [7, 11) is 1.69. The Kier molecular flexibility index (Phi) is 3.80. The number of anilines is 1. The fraction of sp³-hybridized carbons (Fsp3) is 0.533. The third-order valence-corrected chi connectivity index (χ3v) is 3.88. The van der Waals surface area contributed by atoms with Crippen molar-refractivity contribution < 1.29 is 14.6 Å². The van der Waals surface area contributed by atoms with Crippen LogP contribution < -0.4 is 4.90 Å². The number of carboxylic acid groups (broad SMARTS) is 1. The van der Waals surface area contributed by atoms with Crippen LogP contribution >= 0.6 is 0 Å². The maximum Gasteiger partial charge on any atom is 0.326 e. The Bertz CT molecular complexity index is 470. The minimum Gasteiger partial charge on any atom is -0.480 e. The third-order valence-electron chi connectivity index (χ3n) is 3.88. The van der Waals surface area contributed by atoms with Crippen molar-refractivity contribution in [3.63, 3.8) is 0 Å². The summed E-state index contributed by atoms with van der Waals surface area (Å²) >= 11 is 0. The van der Waals surface area contributed by atoms with E-state index in [1.807, 2.05) is 43.0 Å². The van der Waals surface area contributed by atoms with Gasteiger partial charge in [0.1, 0.15) is 6.04 Å². The van der Waals surface area contributed by atoms with Gasteiger partial charge in [-0.15, -0.1) is 0 Å². The van der Waals surface area contributed by atoms with Crippen LogP contribution in [0.15, 0.2) is 24.3 Å². The summed E-state index contributed by atoms with van der Waals surface area (Å²) in [5, 5.41) is 9.37. The van der Waals surface area contributed by atoms with Crippen LogP contribution in [0.3, 0.4) is 0 Å². The van der Waals surface area contributed by atoms with Crippen LogP contribution in [0.4, 0.5) is 5.69 Å². The van der Waals surface area contributed by atoms with Crippen molar-refractivity contribution in [3.05, 3.63) is 29.8 Å². The standard InChI is InChI=1S/C15H21NO3/c1-15(2,19-3)8-9-16-12-7-5-4-6-11(12)10-13(16)14(17)18/h4-7,13H,8-10H2,1-3H3,(H,17,18). The van der Waals surface area contributed by atoms with Gasteiger partial charge in [-0.3, -0.25) is 0 Å². The molecule has 2 rings (SSSR count). The lowest BCUT2D eigenvalue weighted by Gasteiger charge is -2.30. The quantitative estimate of drug-likeness (QED) is 0.885. The molecule has 0 saturated carbocycles. The van der Waals surface area contributed by atoms with E-state index >= 15 is 0 Å². The number of hydrogen-bond donors (Lipinski definition) is 1. The Morgan fingerprint density at radius 2 is 2.16 bits per heavy atom. The molecule has 0 fully saturated rings. The molecule has 0 spiro atoms. The number of methoxy groups -OCH3 is 1. The van der Waals surface area contributed by atoms with Crippen molar-refractivity contribution >= 4 is 11.7 Å². The van der Waals surface area contributed by atoms with Gasteiger partial charge in [0.25, 0.3) is 0 Å². The molecule has 1 unspecified atom stereocenters. The van der Waals surface area contributed by atoms with E-state index in [9.17, 15) is 9.90 Å². The van der Waals surface area contributed by atoms with Crippen molar-refractivity contribution in [1.82, 2.24) is 0 Å². The molecular weight excluding hydrogens is 242 g/mol. The van der Waals surface area contributed by atoms with Crippen LogP contribution in [-0.4, -0.2) is 36.4 Å². The van der Waals surface area contributed by atoms with E-state index in [1.54, 1.807) is 7.11 Å². The van der Waals surface area contributed by atoms with Crippen molar-refractivity contribution in [2.45, 2.75) is 38.3 Å². The lowest BCUT2D eigenvalue weighted by atomic mass is 10.0. The first-order valence-corrected chi connectivity index (χ1v) is 6.57. The van der Waals surface area contributed by atoms with E-state index in [0.717, 1.165) is 17.7 Å². The zero-order valence-electron chi connectivity index (χ0n) is 11.7. The molecule has 1 heterocycles. The molecule has 19 heavy (non-hydrogen) atoms. The zero-order chi connectivity index (χ0) is 14.0. The second kappa shape index (κ2) is 5.21. The second-order valence-corrected chi connectivity index (χ2v) is 5.59. The molecule has 1 N–H and O–H groups in total. The van der Waals surface area contributed by atoms with Crippen LogP contribution in [0, 0.1) is 0 Å². The summed E-state index contributed by atoms with van der Waals surface area (Å²) in [6.45, 7) is 4.73. The Hall–Kier alpha value is -1.55. The van der Waals surface area contributed by atoms with Gasteiger partial charge in [0.05, 0.1) is 5.60 Å². The normalized spacial score (nSPS) is 18.5. The summed E-state index contributed by atoms with van der Waals surface area (Å²) in [6.07, 6.45) is 1.38. The summed E-state index contributed by atoms with van der Waals surface area (Å²) in [4.78, 5) is 13.4. The molecule has 104 valence electrons. The Labute approximate surface area is 114 Å². The molecule has 1 aliphatic heterocycles.